The van der Waals surface area contributed by atoms with Crippen molar-refractivity contribution < 1.29 is 9.50 Å². The first kappa shape index (κ1) is 14.5. The average molecular weight is 257 g/mol. The molecule has 1 aromatic rings. The molecule has 0 heterocycles. The molecule has 0 bridgehead atoms. The van der Waals surface area contributed by atoms with Gasteiger partial charge >= 0.3 is 0 Å². The van der Waals surface area contributed by atoms with Crippen molar-refractivity contribution in [2.45, 2.75) is 25.1 Å². The molecule has 17 heavy (non-hydrogen) atoms. The van der Waals surface area contributed by atoms with Crippen LogP contribution >= 0.6 is 11.8 Å². The lowest BCUT2D eigenvalue weighted by molar-refractivity contribution is 0.250. The van der Waals surface area contributed by atoms with Crippen LogP contribution in [0.1, 0.15) is 24.7 Å². The Bertz CT molecular complexity index is 346. The molecule has 0 aliphatic carbocycles. The van der Waals surface area contributed by atoms with Gasteiger partial charge in [-0.25, -0.2) is 4.39 Å². The van der Waals surface area contributed by atoms with Crippen LogP contribution in [0, 0.1) is 11.7 Å². The summed E-state index contributed by atoms with van der Waals surface area (Å²) in [7, 11) is 0. The first-order chi connectivity index (χ1) is 8.04. The summed E-state index contributed by atoms with van der Waals surface area (Å²) in [6, 6.07) is 6.52. The van der Waals surface area contributed by atoms with Crippen molar-refractivity contribution in [1.29, 1.82) is 0 Å². The third-order valence-corrected chi connectivity index (χ3v) is 4.35. The van der Waals surface area contributed by atoms with E-state index in [1.54, 1.807) is 17.8 Å². The normalized spacial score (nSPS) is 16.5. The van der Waals surface area contributed by atoms with E-state index >= 15 is 0 Å². The molecule has 4 heteroatoms. The summed E-state index contributed by atoms with van der Waals surface area (Å²) in [5, 5.41) is 9.07. The minimum Gasteiger partial charge on any atom is -0.396 e. The van der Waals surface area contributed by atoms with Crippen LogP contribution in [0.5, 0.6) is 0 Å². The molecular weight excluding hydrogens is 237 g/mol. The van der Waals surface area contributed by atoms with E-state index in [0.29, 0.717) is 0 Å². The van der Waals surface area contributed by atoms with Crippen LogP contribution in [0.2, 0.25) is 0 Å². The first-order valence-electron chi connectivity index (χ1n) is 5.78. The van der Waals surface area contributed by atoms with Crippen molar-refractivity contribution in [2.75, 3.05) is 12.4 Å². The van der Waals surface area contributed by atoms with Crippen molar-refractivity contribution >= 4 is 11.8 Å². The third-order valence-electron chi connectivity index (χ3n) is 2.53. The Labute approximate surface area is 106 Å². The van der Waals surface area contributed by atoms with Crippen LogP contribution in [0.15, 0.2) is 24.3 Å². The average Bonchev–Trinajstić information content (AvgIpc) is 2.28. The number of hydrogen-bond donors (Lipinski definition) is 2. The molecule has 0 aliphatic heterocycles. The van der Waals surface area contributed by atoms with E-state index in [4.69, 9.17) is 10.8 Å². The second kappa shape index (κ2) is 6.99. The van der Waals surface area contributed by atoms with Gasteiger partial charge < -0.3 is 10.8 Å². The molecule has 0 spiro atoms. The molecule has 3 unspecified atom stereocenters. The fraction of sp³-hybridized carbons (Fsp3) is 0.538. The summed E-state index contributed by atoms with van der Waals surface area (Å²) in [6.07, 6.45) is 0. The van der Waals surface area contributed by atoms with Gasteiger partial charge in [0.05, 0.1) is 0 Å². The highest BCUT2D eigenvalue weighted by molar-refractivity contribution is 7.99. The van der Waals surface area contributed by atoms with Crippen LogP contribution in [0.3, 0.4) is 0 Å². The second-order valence-electron chi connectivity index (χ2n) is 4.46. The van der Waals surface area contributed by atoms with Gasteiger partial charge in [-0.05, 0) is 36.3 Å². The van der Waals surface area contributed by atoms with E-state index in [1.807, 2.05) is 19.9 Å². The molecular formula is C13H20FNOS. The number of thioether (sulfide) groups is 1. The topological polar surface area (TPSA) is 46.2 Å². The van der Waals surface area contributed by atoms with Gasteiger partial charge in [-0.1, -0.05) is 19.1 Å². The Balaban J connectivity index is 2.72. The predicted octanol–water partition coefficient (Wildman–Crippen LogP) is 2.58. The predicted molar refractivity (Wildman–Crippen MR) is 71.5 cm³/mol. The number of benzene rings is 1. The standard InChI is InChI=1S/C13H20FNOS/c1-9(7-16)8-17-13(10(2)15)11-4-3-5-12(14)6-11/h3-6,9-10,13,16H,7-8,15H2,1-2H3. The highest BCUT2D eigenvalue weighted by Gasteiger charge is 2.18. The summed E-state index contributed by atoms with van der Waals surface area (Å²) in [5.74, 6) is 0.818. The third kappa shape index (κ3) is 4.66. The lowest BCUT2D eigenvalue weighted by Gasteiger charge is -2.22. The Kier molecular flexibility index (Phi) is 5.95. The maximum atomic E-state index is 13.2. The number of rotatable bonds is 6. The fourth-order valence-electron chi connectivity index (χ4n) is 1.56. The summed E-state index contributed by atoms with van der Waals surface area (Å²) >= 11 is 1.67. The van der Waals surface area contributed by atoms with Crippen molar-refractivity contribution in [2.24, 2.45) is 11.7 Å². The Morgan fingerprint density at radius 1 is 1.41 bits per heavy atom. The molecule has 0 fully saturated rings. The quantitative estimate of drug-likeness (QED) is 0.823. The number of hydrogen-bond acceptors (Lipinski definition) is 3. The van der Waals surface area contributed by atoms with Gasteiger partial charge in [0.2, 0.25) is 0 Å². The van der Waals surface area contributed by atoms with Gasteiger partial charge in [0, 0.05) is 17.9 Å². The molecule has 0 aliphatic rings. The monoisotopic (exact) mass is 257 g/mol. The molecule has 96 valence electrons. The van der Waals surface area contributed by atoms with E-state index in [2.05, 4.69) is 0 Å². The highest BCUT2D eigenvalue weighted by Crippen LogP contribution is 2.32. The fourth-order valence-corrected chi connectivity index (χ4v) is 2.84. The van der Waals surface area contributed by atoms with Gasteiger partial charge in [0.15, 0.2) is 0 Å². The zero-order valence-electron chi connectivity index (χ0n) is 10.3. The molecule has 3 N–H and O–H groups in total. The van der Waals surface area contributed by atoms with Gasteiger partial charge in [0.1, 0.15) is 5.82 Å². The SMILES string of the molecule is CC(CO)CSC(c1cccc(F)c1)C(C)N. The van der Waals surface area contributed by atoms with Gasteiger partial charge in [-0.15, -0.1) is 0 Å². The maximum Gasteiger partial charge on any atom is 0.123 e. The Morgan fingerprint density at radius 2 is 2.12 bits per heavy atom. The van der Waals surface area contributed by atoms with Crippen molar-refractivity contribution in [1.82, 2.24) is 0 Å². The van der Waals surface area contributed by atoms with E-state index in [-0.39, 0.29) is 29.6 Å². The van der Waals surface area contributed by atoms with Crippen molar-refractivity contribution in [3.8, 4) is 0 Å². The van der Waals surface area contributed by atoms with Gasteiger partial charge in [-0.2, -0.15) is 11.8 Å². The number of aliphatic hydroxyl groups is 1. The van der Waals surface area contributed by atoms with E-state index in [1.165, 1.54) is 12.1 Å². The lowest BCUT2D eigenvalue weighted by atomic mass is 10.1. The second-order valence-corrected chi connectivity index (χ2v) is 5.63. The molecule has 3 atom stereocenters. The van der Waals surface area contributed by atoms with E-state index < -0.39 is 0 Å². The van der Waals surface area contributed by atoms with Crippen LogP contribution in [0.25, 0.3) is 0 Å². The minimum atomic E-state index is -0.232. The molecule has 0 aromatic heterocycles. The molecule has 0 amide bonds. The lowest BCUT2D eigenvalue weighted by Crippen LogP contribution is -2.23. The smallest absolute Gasteiger partial charge is 0.123 e. The number of halogens is 1. The van der Waals surface area contributed by atoms with Crippen molar-refractivity contribution in [3.05, 3.63) is 35.6 Å². The zero-order valence-corrected chi connectivity index (χ0v) is 11.1. The maximum absolute atomic E-state index is 13.2. The summed E-state index contributed by atoms with van der Waals surface area (Å²) < 4.78 is 13.2. The molecule has 2 nitrogen and oxygen atoms in total. The van der Waals surface area contributed by atoms with Crippen molar-refractivity contribution in [3.63, 3.8) is 0 Å². The molecule has 0 radical (unpaired) electrons. The van der Waals surface area contributed by atoms with Crippen LogP contribution in [-0.4, -0.2) is 23.5 Å². The van der Waals surface area contributed by atoms with Crippen LogP contribution < -0.4 is 5.73 Å². The molecule has 0 saturated carbocycles. The van der Waals surface area contributed by atoms with Crippen LogP contribution in [-0.2, 0) is 0 Å². The summed E-state index contributed by atoms with van der Waals surface area (Å²) in [4.78, 5) is 0. The first-order valence-corrected chi connectivity index (χ1v) is 6.83. The number of nitrogens with two attached hydrogens (primary N) is 1. The molecule has 1 aromatic carbocycles. The van der Waals surface area contributed by atoms with Crippen LogP contribution in [0.4, 0.5) is 4.39 Å². The Hall–Kier alpha value is -0.580. The summed E-state index contributed by atoms with van der Waals surface area (Å²) in [6.45, 7) is 4.07. The van der Waals surface area contributed by atoms with E-state index in [9.17, 15) is 4.39 Å². The molecule has 1 rings (SSSR count). The minimum absolute atomic E-state index is 0.0484. The van der Waals surface area contributed by atoms with Gasteiger partial charge in [0.25, 0.3) is 0 Å². The molecule has 0 saturated heterocycles. The largest absolute Gasteiger partial charge is 0.396 e. The Morgan fingerprint density at radius 3 is 2.65 bits per heavy atom. The number of aliphatic hydroxyl groups excluding tert-OH is 1. The van der Waals surface area contributed by atoms with Gasteiger partial charge in [-0.3, -0.25) is 0 Å². The zero-order chi connectivity index (χ0) is 12.8. The summed E-state index contributed by atoms with van der Waals surface area (Å²) in [5.41, 5.74) is 6.85. The van der Waals surface area contributed by atoms with E-state index in [0.717, 1.165) is 11.3 Å². The highest BCUT2D eigenvalue weighted by atomic mass is 32.2.